The highest BCUT2D eigenvalue weighted by molar-refractivity contribution is 6.20. The summed E-state index contributed by atoms with van der Waals surface area (Å²) in [6.45, 7) is 0.936. The molecule has 1 aromatic rings. The van der Waals surface area contributed by atoms with E-state index in [1.54, 1.807) is 0 Å². The highest BCUT2D eigenvalue weighted by Gasteiger charge is 2.20. The van der Waals surface area contributed by atoms with Crippen LogP contribution in [0.15, 0.2) is 30.3 Å². The number of nitrogens with zero attached hydrogens (tertiary/aromatic N) is 1. The lowest BCUT2D eigenvalue weighted by molar-refractivity contribution is 0.396. The van der Waals surface area contributed by atoms with E-state index in [0.29, 0.717) is 11.4 Å². The molecule has 0 spiro atoms. The molecular weight excluding hydrogens is 194 g/mol. The monoisotopic (exact) mass is 208 g/mol. The second-order valence-electron chi connectivity index (χ2n) is 3.87. The number of halogens is 1. The summed E-state index contributed by atoms with van der Waals surface area (Å²) in [4.78, 5) is 0. The molecule has 0 bridgehead atoms. The fraction of sp³-hybridized carbons (Fsp3) is 0.500. The van der Waals surface area contributed by atoms with Crippen LogP contribution in [0.4, 0.5) is 0 Å². The molecule has 1 saturated heterocycles. The lowest BCUT2D eigenvalue weighted by Crippen LogP contribution is -2.34. The molecule has 1 heterocycles. The Balaban J connectivity index is 1.91. The molecular formula is C12H15ClN. The topological polar surface area (TPSA) is 14.1 Å². The van der Waals surface area contributed by atoms with Crippen LogP contribution < -0.4 is 5.32 Å². The maximum Gasteiger partial charge on any atom is 0.0364 e. The second-order valence-corrected chi connectivity index (χ2v) is 4.49. The Morgan fingerprint density at radius 2 is 2.07 bits per heavy atom. The number of hydrogen-bond acceptors (Lipinski definition) is 0. The average Bonchev–Trinajstić information content (AvgIpc) is 2.19. The largest absolute Gasteiger partial charge is 0.238 e. The SMILES string of the molecule is ClC1CC[N]C(Cc2ccccc2)C1. The molecule has 1 aliphatic heterocycles. The standard InChI is InChI=1S/C12H15ClN/c13-11-6-7-14-12(9-11)8-10-4-2-1-3-5-10/h1-5,11-12H,6-9H2. The number of alkyl halides is 1. The maximum atomic E-state index is 6.12. The van der Waals surface area contributed by atoms with Crippen molar-refractivity contribution in [3.05, 3.63) is 35.9 Å². The van der Waals surface area contributed by atoms with Crippen molar-refractivity contribution >= 4 is 11.6 Å². The fourth-order valence-corrected chi connectivity index (χ4v) is 2.22. The van der Waals surface area contributed by atoms with Gasteiger partial charge in [0.1, 0.15) is 0 Å². The van der Waals surface area contributed by atoms with Crippen molar-refractivity contribution in [3.63, 3.8) is 0 Å². The highest BCUT2D eigenvalue weighted by Crippen LogP contribution is 2.18. The Hall–Kier alpha value is -0.530. The van der Waals surface area contributed by atoms with Crippen LogP contribution in [-0.4, -0.2) is 18.0 Å². The first-order valence-corrected chi connectivity index (χ1v) is 5.63. The van der Waals surface area contributed by atoms with E-state index in [1.165, 1.54) is 5.56 Å². The summed E-state index contributed by atoms with van der Waals surface area (Å²) >= 11 is 6.12. The van der Waals surface area contributed by atoms with Gasteiger partial charge in [-0.05, 0) is 24.8 Å². The summed E-state index contributed by atoms with van der Waals surface area (Å²) in [5.41, 5.74) is 1.37. The third-order valence-corrected chi connectivity index (χ3v) is 3.07. The normalized spacial score (nSPS) is 27.5. The number of rotatable bonds is 2. The van der Waals surface area contributed by atoms with Crippen LogP contribution in [-0.2, 0) is 6.42 Å². The summed E-state index contributed by atoms with van der Waals surface area (Å²) in [6, 6.07) is 11.0. The van der Waals surface area contributed by atoms with E-state index in [4.69, 9.17) is 11.6 Å². The molecule has 0 aromatic heterocycles. The van der Waals surface area contributed by atoms with Crippen LogP contribution in [0.3, 0.4) is 0 Å². The predicted octanol–water partition coefficient (Wildman–Crippen LogP) is 2.60. The van der Waals surface area contributed by atoms with Crippen LogP contribution in [0.5, 0.6) is 0 Å². The van der Waals surface area contributed by atoms with Crippen molar-refractivity contribution in [1.82, 2.24) is 5.32 Å². The molecule has 1 fully saturated rings. The van der Waals surface area contributed by atoms with E-state index < -0.39 is 0 Å². The Bertz CT molecular complexity index is 273. The van der Waals surface area contributed by atoms with Crippen molar-refractivity contribution < 1.29 is 0 Å². The first-order valence-electron chi connectivity index (χ1n) is 5.19. The van der Waals surface area contributed by atoms with E-state index in [-0.39, 0.29) is 0 Å². The first kappa shape index (κ1) is 10.0. The summed E-state index contributed by atoms with van der Waals surface area (Å²) in [5.74, 6) is 0. The molecule has 1 aromatic carbocycles. The smallest absolute Gasteiger partial charge is 0.0364 e. The van der Waals surface area contributed by atoms with Crippen molar-refractivity contribution in [3.8, 4) is 0 Å². The van der Waals surface area contributed by atoms with E-state index in [2.05, 4.69) is 29.6 Å². The summed E-state index contributed by atoms with van der Waals surface area (Å²) < 4.78 is 0. The third kappa shape index (κ3) is 2.73. The van der Waals surface area contributed by atoms with Gasteiger partial charge in [-0.25, -0.2) is 5.32 Å². The Kier molecular flexibility index (Phi) is 3.44. The van der Waals surface area contributed by atoms with Crippen LogP contribution in [0.1, 0.15) is 18.4 Å². The number of benzene rings is 1. The molecule has 0 saturated carbocycles. The second kappa shape index (κ2) is 4.81. The minimum Gasteiger partial charge on any atom is -0.238 e. The molecule has 2 heteroatoms. The van der Waals surface area contributed by atoms with Crippen LogP contribution in [0.25, 0.3) is 0 Å². The van der Waals surface area contributed by atoms with Crippen molar-refractivity contribution in [2.24, 2.45) is 0 Å². The third-order valence-electron chi connectivity index (χ3n) is 2.67. The lowest BCUT2D eigenvalue weighted by Gasteiger charge is -2.25. The van der Waals surface area contributed by atoms with E-state index in [1.807, 2.05) is 6.07 Å². The van der Waals surface area contributed by atoms with Gasteiger partial charge in [0.05, 0.1) is 0 Å². The predicted molar refractivity (Wildman–Crippen MR) is 59.8 cm³/mol. The Morgan fingerprint density at radius 3 is 2.79 bits per heavy atom. The van der Waals surface area contributed by atoms with Gasteiger partial charge in [-0.3, -0.25) is 0 Å². The van der Waals surface area contributed by atoms with Gasteiger partial charge >= 0.3 is 0 Å². The lowest BCUT2D eigenvalue weighted by atomic mass is 9.97. The molecule has 75 valence electrons. The molecule has 2 rings (SSSR count). The zero-order valence-electron chi connectivity index (χ0n) is 8.20. The van der Waals surface area contributed by atoms with E-state index in [0.717, 1.165) is 25.8 Å². The van der Waals surface area contributed by atoms with Gasteiger partial charge in [0.25, 0.3) is 0 Å². The molecule has 1 radical (unpaired) electrons. The van der Waals surface area contributed by atoms with Crippen molar-refractivity contribution in [1.29, 1.82) is 0 Å². The van der Waals surface area contributed by atoms with Gasteiger partial charge in [0.2, 0.25) is 0 Å². The van der Waals surface area contributed by atoms with E-state index in [9.17, 15) is 0 Å². The number of hydrogen-bond donors (Lipinski definition) is 0. The minimum atomic E-state index is 0.334. The van der Waals surface area contributed by atoms with Gasteiger partial charge < -0.3 is 0 Å². The summed E-state index contributed by atoms with van der Waals surface area (Å²) in [5, 5.41) is 4.93. The minimum absolute atomic E-state index is 0.334. The van der Waals surface area contributed by atoms with Gasteiger partial charge in [0, 0.05) is 18.0 Å². The molecule has 2 atom stereocenters. The Morgan fingerprint density at radius 1 is 1.29 bits per heavy atom. The summed E-state index contributed by atoms with van der Waals surface area (Å²) in [7, 11) is 0. The zero-order chi connectivity index (χ0) is 9.80. The van der Waals surface area contributed by atoms with Crippen LogP contribution in [0, 0.1) is 0 Å². The van der Waals surface area contributed by atoms with Crippen LogP contribution >= 0.6 is 11.6 Å². The van der Waals surface area contributed by atoms with Gasteiger partial charge in [-0.1, -0.05) is 30.3 Å². The molecule has 0 N–H and O–H groups in total. The fourth-order valence-electron chi connectivity index (χ4n) is 1.92. The van der Waals surface area contributed by atoms with Gasteiger partial charge in [-0.15, -0.1) is 11.6 Å². The molecule has 2 unspecified atom stereocenters. The molecule has 1 nitrogen and oxygen atoms in total. The maximum absolute atomic E-state index is 6.12. The van der Waals surface area contributed by atoms with Crippen molar-refractivity contribution in [2.45, 2.75) is 30.7 Å². The first-order chi connectivity index (χ1) is 6.84. The number of piperidine rings is 1. The molecule has 0 aliphatic carbocycles. The molecule has 0 amide bonds. The highest BCUT2D eigenvalue weighted by atomic mass is 35.5. The summed E-state index contributed by atoms with van der Waals surface area (Å²) in [6.07, 6.45) is 3.13. The van der Waals surface area contributed by atoms with E-state index >= 15 is 0 Å². The van der Waals surface area contributed by atoms with Gasteiger partial charge in [0.15, 0.2) is 0 Å². The zero-order valence-corrected chi connectivity index (χ0v) is 8.95. The molecule has 14 heavy (non-hydrogen) atoms. The Labute approximate surface area is 90.5 Å². The van der Waals surface area contributed by atoms with Gasteiger partial charge in [-0.2, -0.15) is 0 Å². The molecule has 1 aliphatic rings. The average molecular weight is 209 g/mol. The van der Waals surface area contributed by atoms with Crippen LogP contribution in [0.2, 0.25) is 0 Å². The quantitative estimate of drug-likeness (QED) is 0.664. The van der Waals surface area contributed by atoms with Crippen molar-refractivity contribution in [2.75, 3.05) is 6.54 Å².